The number of anilines is 1. The fourth-order valence-electron chi connectivity index (χ4n) is 1.68. The number of aromatic nitrogens is 2. The summed E-state index contributed by atoms with van der Waals surface area (Å²) in [6, 6.07) is 4.69. The zero-order valence-corrected chi connectivity index (χ0v) is 10.6. The molecule has 0 fully saturated rings. The van der Waals surface area contributed by atoms with Gasteiger partial charge in [-0.05, 0) is 19.1 Å². The van der Waals surface area contributed by atoms with Gasteiger partial charge in [0.2, 0.25) is 0 Å². The van der Waals surface area contributed by atoms with E-state index in [-0.39, 0.29) is 5.69 Å². The summed E-state index contributed by atoms with van der Waals surface area (Å²) in [5, 5.41) is 14.0. The van der Waals surface area contributed by atoms with Crippen molar-refractivity contribution in [2.45, 2.75) is 13.5 Å². The fourth-order valence-corrected chi connectivity index (χ4v) is 1.68. The van der Waals surface area contributed by atoms with E-state index >= 15 is 0 Å². The van der Waals surface area contributed by atoms with Crippen LogP contribution in [0.5, 0.6) is 5.75 Å². The second kappa shape index (κ2) is 5.38. The smallest absolute Gasteiger partial charge is 0.296 e. The zero-order valence-electron chi connectivity index (χ0n) is 10.6. The number of benzene rings is 1. The molecule has 0 spiro atoms. The Balaban J connectivity index is 2.20. The van der Waals surface area contributed by atoms with E-state index in [2.05, 4.69) is 15.3 Å². The summed E-state index contributed by atoms with van der Waals surface area (Å²) in [7, 11) is 1.47. The Kier molecular flexibility index (Phi) is 3.65. The van der Waals surface area contributed by atoms with Crippen LogP contribution in [0.4, 0.5) is 11.4 Å². The number of ether oxygens (including phenoxy) is 1. The molecule has 0 atom stereocenters. The Hall–Kier alpha value is -2.57. The summed E-state index contributed by atoms with van der Waals surface area (Å²) >= 11 is 0. The number of nitrogens with one attached hydrogen (secondary N) is 2. The molecule has 0 amide bonds. The third-order valence-corrected chi connectivity index (χ3v) is 2.78. The van der Waals surface area contributed by atoms with Gasteiger partial charge in [-0.2, -0.15) is 0 Å². The molecule has 0 aliphatic heterocycles. The van der Waals surface area contributed by atoms with Crippen molar-refractivity contribution in [3.05, 3.63) is 46.0 Å². The van der Waals surface area contributed by atoms with Crippen LogP contribution in [0, 0.1) is 17.0 Å². The van der Waals surface area contributed by atoms with Gasteiger partial charge in [-0.1, -0.05) is 0 Å². The third kappa shape index (κ3) is 2.82. The van der Waals surface area contributed by atoms with E-state index in [1.807, 2.05) is 6.92 Å². The Labute approximate surface area is 109 Å². The van der Waals surface area contributed by atoms with E-state index in [9.17, 15) is 10.1 Å². The SMILES string of the molecule is COc1ccc(NCc2nc[nH]c2C)c([N+](=O)[O-])c1. The molecule has 7 heteroatoms. The molecule has 1 aromatic carbocycles. The molecule has 0 bridgehead atoms. The molecule has 0 aliphatic rings. The van der Waals surface area contributed by atoms with Crippen LogP contribution in [0.25, 0.3) is 0 Å². The highest BCUT2D eigenvalue weighted by Gasteiger charge is 2.15. The van der Waals surface area contributed by atoms with Crippen molar-refractivity contribution in [2.75, 3.05) is 12.4 Å². The number of H-pyrrole nitrogens is 1. The summed E-state index contributed by atoms with van der Waals surface area (Å²) in [5.41, 5.74) is 2.18. The standard InChI is InChI=1S/C12H14N4O3/c1-8-11(15-7-14-8)6-13-10-4-3-9(19-2)5-12(10)16(17)18/h3-5,7,13H,6H2,1-2H3,(H,14,15). The Bertz CT molecular complexity index is 594. The number of methoxy groups -OCH3 is 1. The van der Waals surface area contributed by atoms with E-state index in [0.717, 1.165) is 11.4 Å². The molecule has 0 aliphatic carbocycles. The van der Waals surface area contributed by atoms with E-state index in [0.29, 0.717) is 18.0 Å². The Morgan fingerprint density at radius 3 is 2.89 bits per heavy atom. The van der Waals surface area contributed by atoms with Gasteiger partial charge in [-0.15, -0.1) is 0 Å². The number of nitro groups is 1. The molecule has 0 radical (unpaired) electrons. The predicted octanol–water partition coefficient (Wildman–Crippen LogP) is 2.25. The number of hydrogen-bond acceptors (Lipinski definition) is 5. The van der Waals surface area contributed by atoms with Crippen molar-refractivity contribution in [2.24, 2.45) is 0 Å². The van der Waals surface area contributed by atoms with E-state index < -0.39 is 4.92 Å². The molecule has 2 N–H and O–H groups in total. The Morgan fingerprint density at radius 2 is 2.32 bits per heavy atom. The average molecular weight is 262 g/mol. The molecule has 19 heavy (non-hydrogen) atoms. The highest BCUT2D eigenvalue weighted by molar-refractivity contribution is 5.63. The minimum absolute atomic E-state index is 0.0208. The van der Waals surface area contributed by atoms with Gasteiger partial charge in [-0.25, -0.2) is 4.98 Å². The van der Waals surface area contributed by atoms with E-state index in [4.69, 9.17) is 4.74 Å². The molecule has 1 heterocycles. The van der Waals surface area contributed by atoms with Crippen molar-refractivity contribution < 1.29 is 9.66 Å². The Morgan fingerprint density at radius 1 is 1.53 bits per heavy atom. The first-order valence-corrected chi connectivity index (χ1v) is 5.67. The number of hydrogen-bond donors (Lipinski definition) is 2. The third-order valence-electron chi connectivity index (χ3n) is 2.78. The van der Waals surface area contributed by atoms with Crippen molar-refractivity contribution in [1.29, 1.82) is 0 Å². The van der Waals surface area contributed by atoms with Gasteiger partial charge in [0.25, 0.3) is 5.69 Å². The van der Waals surface area contributed by atoms with Gasteiger partial charge < -0.3 is 15.0 Å². The molecular formula is C12H14N4O3. The van der Waals surface area contributed by atoms with Crippen LogP contribution in [0.2, 0.25) is 0 Å². The topological polar surface area (TPSA) is 93.1 Å². The highest BCUT2D eigenvalue weighted by Crippen LogP contribution is 2.29. The second-order valence-electron chi connectivity index (χ2n) is 3.97. The lowest BCUT2D eigenvalue weighted by Gasteiger charge is -2.07. The van der Waals surface area contributed by atoms with Crippen LogP contribution in [-0.4, -0.2) is 22.0 Å². The maximum Gasteiger partial charge on any atom is 0.296 e. The van der Waals surface area contributed by atoms with Crippen molar-refractivity contribution in [3.63, 3.8) is 0 Å². The van der Waals surface area contributed by atoms with Crippen molar-refractivity contribution >= 4 is 11.4 Å². The van der Waals surface area contributed by atoms with Crippen molar-refractivity contribution in [3.8, 4) is 5.75 Å². The lowest BCUT2D eigenvalue weighted by atomic mass is 10.2. The lowest BCUT2D eigenvalue weighted by molar-refractivity contribution is -0.384. The van der Waals surface area contributed by atoms with Crippen LogP contribution in [0.1, 0.15) is 11.4 Å². The highest BCUT2D eigenvalue weighted by atomic mass is 16.6. The van der Waals surface area contributed by atoms with E-state index in [1.165, 1.54) is 13.2 Å². The predicted molar refractivity (Wildman–Crippen MR) is 70.3 cm³/mol. The number of nitro benzene ring substituents is 1. The first-order chi connectivity index (χ1) is 9.11. The summed E-state index contributed by atoms with van der Waals surface area (Å²) in [6.07, 6.45) is 1.59. The van der Waals surface area contributed by atoms with Crippen LogP contribution in [0.15, 0.2) is 24.5 Å². The summed E-state index contributed by atoms with van der Waals surface area (Å²) in [4.78, 5) is 17.6. The molecule has 0 saturated carbocycles. The minimum Gasteiger partial charge on any atom is -0.496 e. The maximum absolute atomic E-state index is 11.0. The minimum atomic E-state index is -0.442. The van der Waals surface area contributed by atoms with Gasteiger partial charge in [0, 0.05) is 5.69 Å². The van der Waals surface area contributed by atoms with Crippen LogP contribution < -0.4 is 10.1 Å². The van der Waals surface area contributed by atoms with Crippen LogP contribution >= 0.6 is 0 Å². The number of aromatic amines is 1. The lowest BCUT2D eigenvalue weighted by Crippen LogP contribution is -2.04. The van der Waals surface area contributed by atoms with Gasteiger partial charge in [-0.3, -0.25) is 10.1 Å². The fraction of sp³-hybridized carbons (Fsp3) is 0.250. The molecule has 0 saturated heterocycles. The first kappa shape index (κ1) is 12.9. The molecule has 2 rings (SSSR count). The van der Waals surface area contributed by atoms with Crippen LogP contribution in [-0.2, 0) is 6.54 Å². The van der Waals surface area contributed by atoms with Gasteiger partial charge in [0.1, 0.15) is 11.4 Å². The molecule has 7 nitrogen and oxygen atoms in total. The van der Waals surface area contributed by atoms with Crippen LogP contribution in [0.3, 0.4) is 0 Å². The van der Waals surface area contributed by atoms with E-state index in [1.54, 1.807) is 18.5 Å². The summed E-state index contributed by atoms with van der Waals surface area (Å²) in [6.45, 7) is 2.31. The largest absolute Gasteiger partial charge is 0.496 e. The number of imidazole rings is 1. The molecular weight excluding hydrogens is 248 g/mol. The summed E-state index contributed by atoms with van der Waals surface area (Å²) < 4.78 is 4.98. The maximum atomic E-state index is 11.0. The normalized spacial score (nSPS) is 10.2. The quantitative estimate of drug-likeness (QED) is 0.636. The first-order valence-electron chi connectivity index (χ1n) is 5.67. The number of nitrogens with zero attached hydrogens (tertiary/aromatic N) is 2. The van der Waals surface area contributed by atoms with Gasteiger partial charge >= 0.3 is 0 Å². The summed E-state index contributed by atoms with van der Waals surface area (Å²) in [5.74, 6) is 0.452. The monoisotopic (exact) mass is 262 g/mol. The van der Waals surface area contributed by atoms with Crippen molar-refractivity contribution in [1.82, 2.24) is 9.97 Å². The number of rotatable bonds is 5. The van der Waals surface area contributed by atoms with Gasteiger partial charge in [0.15, 0.2) is 0 Å². The number of aryl methyl sites for hydroxylation is 1. The molecule has 0 unspecified atom stereocenters. The molecule has 1 aromatic heterocycles. The second-order valence-corrected chi connectivity index (χ2v) is 3.97. The van der Waals surface area contributed by atoms with Gasteiger partial charge in [0.05, 0.1) is 36.7 Å². The average Bonchev–Trinajstić information content (AvgIpc) is 2.81. The zero-order chi connectivity index (χ0) is 13.8. The molecule has 100 valence electrons. The molecule has 2 aromatic rings.